The quantitative estimate of drug-likeness (QED) is 0.738. The van der Waals surface area contributed by atoms with E-state index in [4.69, 9.17) is 8.83 Å². The van der Waals surface area contributed by atoms with Crippen molar-refractivity contribution in [3.63, 3.8) is 0 Å². The molecule has 2 N–H and O–H groups in total. The fraction of sp³-hybridized carbons (Fsp3) is 0.158. The van der Waals surface area contributed by atoms with Gasteiger partial charge in [-0.15, -0.1) is 0 Å². The highest BCUT2D eigenvalue weighted by molar-refractivity contribution is 6.02. The molecule has 3 aromatic rings. The molecule has 0 fully saturated rings. The van der Waals surface area contributed by atoms with Crippen LogP contribution < -0.4 is 10.6 Å². The summed E-state index contributed by atoms with van der Waals surface area (Å²) in [5.41, 5.74) is 1.07. The second-order valence-corrected chi connectivity index (χ2v) is 5.65. The third-order valence-electron chi connectivity index (χ3n) is 3.69. The molecule has 0 radical (unpaired) electrons. The van der Waals surface area contributed by atoms with Crippen LogP contribution in [0.25, 0.3) is 0 Å². The molecular weight excluding hydrogens is 320 g/mol. The maximum atomic E-state index is 12.3. The zero-order chi connectivity index (χ0) is 17.8. The minimum atomic E-state index is -0.344. The van der Waals surface area contributed by atoms with Crippen molar-refractivity contribution in [3.05, 3.63) is 77.6 Å². The monoisotopic (exact) mass is 338 g/mol. The molecule has 2 aromatic heterocycles. The fourth-order valence-corrected chi connectivity index (χ4v) is 2.34. The molecule has 3 rings (SSSR count). The van der Waals surface area contributed by atoms with E-state index in [9.17, 15) is 9.59 Å². The summed E-state index contributed by atoms with van der Waals surface area (Å²) in [6, 6.07) is 13.3. The van der Waals surface area contributed by atoms with Crippen molar-refractivity contribution >= 4 is 17.5 Å². The molecule has 1 atom stereocenters. The second-order valence-electron chi connectivity index (χ2n) is 5.65. The van der Waals surface area contributed by atoms with Crippen LogP contribution in [-0.2, 0) is 0 Å². The number of rotatable bonds is 5. The first-order valence-corrected chi connectivity index (χ1v) is 7.85. The summed E-state index contributed by atoms with van der Waals surface area (Å²) in [5, 5.41) is 5.57. The van der Waals surface area contributed by atoms with E-state index in [0.29, 0.717) is 17.0 Å². The Hall–Kier alpha value is -3.28. The van der Waals surface area contributed by atoms with Crippen LogP contribution in [0.2, 0.25) is 0 Å². The van der Waals surface area contributed by atoms with Crippen molar-refractivity contribution in [1.82, 2.24) is 5.32 Å². The van der Waals surface area contributed by atoms with Gasteiger partial charge >= 0.3 is 0 Å². The Balaban J connectivity index is 1.61. The zero-order valence-electron chi connectivity index (χ0n) is 13.9. The average Bonchev–Trinajstić information content (AvgIpc) is 3.27. The number of hydrogen-bond donors (Lipinski definition) is 2. The van der Waals surface area contributed by atoms with Gasteiger partial charge in [-0.3, -0.25) is 9.59 Å². The number of carbonyl (C=O) groups is 2. The van der Waals surface area contributed by atoms with E-state index >= 15 is 0 Å². The summed E-state index contributed by atoms with van der Waals surface area (Å²) in [5.74, 6) is 1.17. The van der Waals surface area contributed by atoms with Crippen molar-refractivity contribution in [3.8, 4) is 0 Å². The third kappa shape index (κ3) is 3.98. The Bertz CT molecular complexity index is 863. The van der Waals surface area contributed by atoms with Gasteiger partial charge in [0.1, 0.15) is 11.5 Å². The lowest BCUT2D eigenvalue weighted by molar-refractivity contribution is 0.0934. The Kier molecular flexibility index (Phi) is 4.70. The van der Waals surface area contributed by atoms with Crippen LogP contribution >= 0.6 is 0 Å². The van der Waals surface area contributed by atoms with Gasteiger partial charge in [-0.1, -0.05) is 0 Å². The molecule has 0 saturated carbocycles. The highest BCUT2D eigenvalue weighted by Crippen LogP contribution is 2.17. The SMILES string of the molecule is Cc1ccc(C(C)NC(=O)c2ccc(NC(=O)c3ccco3)cc2)o1. The fourth-order valence-electron chi connectivity index (χ4n) is 2.34. The van der Waals surface area contributed by atoms with Gasteiger partial charge in [0.15, 0.2) is 5.76 Å². The van der Waals surface area contributed by atoms with Crippen LogP contribution in [0.4, 0.5) is 5.69 Å². The van der Waals surface area contributed by atoms with E-state index in [1.54, 1.807) is 36.4 Å². The van der Waals surface area contributed by atoms with E-state index in [1.807, 2.05) is 26.0 Å². The van der Waals surface area contributed by atoms with Crippen LogP contribution in [0, 0.1) is 6.92 Å². The number of anilines is 1. The largest absolute Gasteiger partial charge is 0.464 e. The molecule has 2 amide bonds. The number of aryl methyl sites for hydroxylation is 1. The van der Waals surface area contributed by atoms with Crippen molar-refractivity contribution in [2.75, 3.05) is 5.32 Å². The summed E-state index contributed by atoms with van der Waals surface area (Å²) in [6.45, 7) is 3.71. The number of carbonyl (C=O) groups excluding carboxylic acids is 2. The van der Waals surface area contributed by atoms with Crippen LogP contribution in [0.15, 0.2) is 63.6 Å². The second kappa shape index (κ2) is 7.09. The van der Waals surface area contributed by atoms with Crippen LogP contribution in [0.5, 0.6) is 0 Å². The summed E-state index contributed by atoms with van der Waals surface area (Å²) in [6.07, 6.45) is 1.43. The highest BCUT2D eigenvalue weighted by atomic mass is 16.3. The van der Waals surface area contributed by atoms with Crippen molar-refractivity contribution in [2.24, 2.45) is 0 Å². The standard InChI is InChI=1S/C19H18N2O4/c1-12-5-10-16(25-12)13(2)20-18(22)14-6-8-15(9-7-14)21-19(23)17-4-3-11-24-17/h3-11,13H,1-2H3,(H,20,22)(H,21,23). The van der Waals surface area contributed by atoms with Crippen molar-refractivity contribution in [1.29, 1.82) is 0 Å². The normalized spacial score (nSPS) is 11.8. The molecule has 0 spiro atoms. The van der Waals surface area contributed by atoms with Gasteiger partial charge in [0.05, 0.1) is 12.3 Å². The molecule has 1 aromatic carbocycles. The average molecular weight is 338 g/mol. The number of nitrogens with one attached hydrogen (secondary N) is 2. The topological polar surface area (TPSA) is 84.5 Å². The lowest BCUT2D eigenvalue weighted by atomic mass is 10.1. The molecule has 0 aliphatic heterocycles. The van der Waals surface area contributed by atoms with E-state index in [0.717, 1.165) is 5.76 Å². The Morgan fingerprint density at radius 2 is 1.76 bits per heavy atom. The number of benzene rings is 1. The van der Waals surface area contributed by atoms with E-state index < -0.39 is 0 Å². The lowest BCUT2D eigenvalue weighted by Gasteiger charge is -2.12. The lowest BCUT2D eigenvalue weighted by Crippen LogP contribution is -2.26. The van der Waals surface area contributed by atoms with Crippen molar-refractivity contribution in [2.45, 2.75) is 19.9 Å². The van der Waals surface area contributed by atoms with Crippen LogP contribution in [0.3, 0.4) is 0 Å². The summed E-state index contributed by atoms with van der Waals surface area (Å²) < 4.78 is 10.5. The predicted octanol–water partition coefficient (Wildman–Crippen LogP) is 3.92. The molecule has 0 aliphatic carbocycles. The van der Waals surface area contributed by atoms with Gasteiger partial charge in [0.25, 0.3) is 11.8 Å². The highest BCUT2D eigenvalue weighted by Gasteiger charge is 2.14. The van der Waals surface area contributed by atoms with Crippen LogP contribution in [0.1, 0.15) is 45.4 Å². The molecule has 0 bridgehead atoms. The maximum Gasteiger partial charge on any atom is 0.291 e. The Morgan fingerprint density at radius 1 is 1.00 bits per heavy atom. The first kappa shape index (κ1) is 16.6. The van der Waals surface area contributed by atoms with Gasteiger partial charge in [-0.25, -0.2) is 0 Å². The smallest absolute Gasteiger partial charge is 0.291 e. The summed E-state index contributed by atoms with van der Waals surface area (Å²) in [4.78, 5) is 24.2. The molecule has 0 saturated heterocycles. The van der Waals surface area contributed by atoms with Crippen LogP contribution in [-0.4, -0.2) is 11.8 Å². The molecule has 0 aliphatic rings. The van der Waals surface area contributed by atoms with Gasteiger partial charge < -0.3 is 19.5 Å². The van der Waals surface area contributed by atoms with E-state index in [2.05, 4.69) is 10.6 Å². The van der Waals surface area contributed by atoms with E-state index in [1.165, 1.54) is 6.26 Å². The van der Waals surface area contributed by atoms with Gasteiger partial charge in [-0.05, 0) is 62.4 Å². The minimum Gasteiger partial charge on any atom is -0.464 e. The Labute approximate surface area is 144 Å². The number of amides is 2. The molecule has 6 heteroatoms. The summed E-state index contributed by atoms with van der Waals surface area (Å²) >= 11 is 0. The van der Waals surface area contributed by atoms with Crippen molar-refractivity contribution < 1.29 is 18.4 Å². The van der Waals surface area contributed by atoms with Gasteiger partial charge in [0, 0.05) is 11.3 Å². The minimum absolute atomic E-state index is 0.217. The van der Waals surface area contributed by atoms with Gasteiger partial charge in [-0.2, -0.15) is 0 Å². The number of hydrogen-bond acceptors (Lipinski definition) is 4. The molecular formula is C19H18N2O4. The molecule has 128 valence electrons. The predicted molar refractivity (Wildman–Crippen MR) is 92.4 cm³/mol. The third-order valence-corrected chi connectivity index (χ3v) is 3.69. The molecule has 2 heterocycles. The van der Waals surface area contributed by atoms with Gasteiger partial charge in [0.2, 0.25) is 0 Å². The van der Waals surface area contributed by atoms with E-state index in [-0.39, 0.29) is 23.6 Å². The molecule has 6 nitrogen and oxygen atoms in total. The first-order chi connectivity index (χ1) is 12.0. The first-order valence-electron chi connectivity index (χ1n) is 7.85. The molecule has 25 heavy (non-hydrogen) atoms. The zero-order valence-corrected chi connectivity index (χ0v) is 13.9. The summed E-state index contributed by atoms with van der Waals surface area (Å²) in [7, 11) is 0. The number of furan rings is 2. The molecule has 1 unspecified atom stereocenters. The maximum absolute atomic E-state index is 12.3. The Morgan fingerprint density at radius 3 is 2.36 bits per heavy atom.